The lowest BCUT2D eigenvalue weighted by Gasteiger charge is -2.15. The van der Waals surface area contributed by atoms with Crippen molar-refractivity contribution in [3.8, 4) is 0 Å². The van der Waals surface area contributed by atoms with E-state index in [2.05, 4.69) is 77.6 Å². The van der Waals surface area contributed by atoms with Crippen LogP contribution in [-0.4, -0.2) is 12.6 Å². The Kier molecular flexibility index (Phi) is 9.06. The van der Waals surface area contributed by atoms with Crippen LogP contribution in [0.4, 0.5) is 0 Å². The van der Waals surface area contributed by atoms with Gasteiger partial charge in [-0.25, -0.2) is 4.79 Å². The van der Waals surface area contributed by atoms with Gasteiger partial charge in [0.05, 0.1) is 12.2 Å². The van der Waals surface area contributed by atoms with Crippen LogP contribution < -0.4 is 0 Å². The summed E-state index contributed by atoms with van der Waals surface area (Å²) >= 11 is 13.7. The van der Waals surface area contributed by atoms with Crippen molar-refractivity contribution in [3.63, 3.8) is 0 Å². The molecule has 6 heteroatoms. The Bertz CT molecular complexity index is 503. The molecule has 0 saturated heterocycles. The highest BCUT2D eigenvalue weighted by Gasteiger charge is 2.19. The summed E-state index contributed by atoms with van der Waals surface area (Å²) in [6, 6.07) is 1.76. The normalized spacial score (nSPS) is 12.3. The quantitative estimate of drug-likeness (QED) is 0.206. The number of esters is 1. The minimum Gasteiger partial charge on any atom is -0.462 e. The molecular weight excluding hydrogens is 532 g/mol. The molecule has 1 aromatic rings. The van der Waals surface area contributed by atoms with Crippen molar-refractivity contribution < 1.29 is 9.53 Å². The standard InChI is InChI=1S/C15H18Br4O2/c1-3-5-6-9(4-2)8-21-15(20)10-7-11(16)13(18)14(19)12(10)17/h7,9H,3-6,8H2,1-2H3/t9-/m0/s1. The van der Waals surface area contributed by atoms with Crippen LogP contribution in [0.2, 0.25) is 0 Å². The summed E-state index contributed by atoms with van der Waals surface area (Å²) < 4.78 is 8.64. The molecule has 1 atom stereocenters. The average Bonchev–Trinajstić information content (AvgIpc) is 2.48. The highest BCUT2D eigenvalue weighted by atomic mass is 79.9. The largest absolute Gasteiger partial charge is 0.462 e. The zero-order valence-corrected chi connectivity index (χ0v) is 18.4. The monoisotopic (exact) mass is 546 g/mol. The highest BCUT2D eigenvalue weighted by Crippen LogP contribution is 2.39. The van der Waals surface area contributed by atoms with Crippen LogP contribution in [0.5, 0.6) is 0 Å². The fraction of sp³-hybridized carbons (Fsp3) is 0.533. The van der Waals surface area contributed by atoms with E-state index in [1.807, 2.05) is 0 Å². The lowest BCUT2D eigenvalue weighted by Crippen LogP contribution is -2.14. The molecule has 0 aliphatic rings. The maximum absolute atomic E-state index is 12.3. The first-order chi connectivity index (χ1) is 9.92. The third-order valence-electron chi connectivity index (χ3n) is 3.32. The van der Waals surface area contributed by atoms with E-state index in [0.29, 0.717) is 22.6 Å². The predicted octanol–water partition coefficient (Wildman–Crippen LogP) is 7.11. The van der Waals surface area contributed by atoms with Crippen molar-refractivity contribution in [1.29, 1.82) is 0 Å². The molecule has 0 bridgehead atoms. The lowest BCUT2D eigenvalue weighted by atomic mass is 10.0. The van der Waals surface area contributed by atoms with Crippen LogP contribution in [-0.2, 0) is 4.74 Å². The second-order valence-corrected chi connectivity index (χ2v) is 8.10. The third-order valence-corrected chi connectivity index (χ3v) is 7.98. The van der Waals surface area contributed by atoms with Crippen LogP contribution >= 0.6 is 63.7 Å². The van der Waals surface area contributed by atoms with E-state index in [4.69, 9.17) is 4.74 Å². The summed E-state index contributed by atoms with van der Waals surface area (Å²) in [4.78, 5) is 12.3. The van der Waals surface area contributed by atoms with E-state index in [-0.39, 0.29) is 5.97 Å². The Hall–Kier alpha value is 0.610. The number of hydrogen-bond acceptors (Lipinski definition) is 2. The van der Waals surface area contributed by atoms with Gasteiger partial charge in [-0.2, -0.15) is 0 Å². The molecule has 0 heterocycles. The number of unbranched alkanes of at least 4 members (excludes halogenated alkanes) is 1. The molecule has 1 aromatic carbocycles. The number of rotatable bonds is 7. The van der Waals surface area contributed by atoms with Crippen molar-refractivity contribution >= 4 is 69.7 Å². The molecule has 118 valence electrons. The van der Waals surface area contributed by atoms with E-state index >= 15 is 0 Å². The summed E-state index contributed by atoms with van der Waals surface area (Å²) in [5, 5.41) is 0. The van der Waals surface area contributed by atoms with E-state index < -0.39 is 0 Å². The Balaban J connectivity index is 2.76. The second kappa shape index (κ2) is 9.68. The zero-order chi connectivity index (χ0) is 16.0. The minimum absolute atomic E-state index is 0.300. The van der Waals surface area contributed by atoms with Gasteiger partial charge >= 0.3 is 5.97 Å². The predicted molar refractivity (Wildman–Crippen MR) is 101 cm³/mol. The summed E-state index contributed by atoms with van der Waals surface area (Å²) in [6.45, 7) is 4.79. The molecule has 2 nitrogen and oxygen atoms in total. The van der Waals surface area contributed by atoms with Crippen molar-refractivity contribution in [1.82, 2.24) is 0 Å². The van der Waals surface area contributed by atoms with Crippen LogP contribution in [0.15, 0.2) is 24.0 Å². The second-order valence-electron chi connectivity index (χ2n) is 4.86. The zero-order valence-electron chi connectivity index (χ0n) is 12.0. The first-order valence-electron chi connectivity index (χ1n) is 6.92. The van der Waals surface area contributed by atoms with Crippen LogP contribution in [0, 0.1) is 5.92 Å². The topological polar surface area (TPSA) is 26.3 Å². The molecule has 0 N–H and O–H groups in total. The van der Waals surface area contributed by atoms with Crippen LogP contribution in [0.25, 0.3) is 0 Å². The summed E-state index contributed by atoms with van der Waals surface area (Å²) in [5.74, 6) is 0.140. The van der Waals surface area contributed by atoms with Gasteiger partial charge in [0.25, 0.3) is 0 Å². The van der Waals surface area contributed by atoms with E-state index in [1.165, 1.54) is 12.8 Å². The summed E-state index contributed by atoms with van der Waals surface area (Å²) in [7, 11) is 0. The number of hydrogen-bond donors (Lipinski definition) is 0. The van der Waals surface area contributed by atoms with Crippen molar-refractivity contribution in [3.05, 3.63) is 29.5 Å². The number of ether oxygens (including phenoxy) is 1. The molecule has 1 rings (SSSR count). The van der Waals surface area contributed by atoms with Crippen LogP contribution in [0.1, 0.15) is 49.9 Å². The average molecular weight is 550 g/mol. The molecule has 0 aliphatic carbocycles. The van der Waals surface area contributed by atoms with Crippen molar-refractivity contribution in [2.24, 2.45) is 5.92 Å². The van der Waals surface area contributed by atoms with Gasteiger partial charge < -0.3 is 4.74 Å². The Labute approximate surface area is 159 Å². The molecule has 0 amide bonds. The van der Waals surface area contributed by atoms with Gasteiger partial charge in [0.15, 0.2) is 0 Å². The van der Waals surface area contributed by atoms with E-state index in [1.54, 1.807) is 6.07 Å². The lowest BCUT2D eigenvalue weighted by molar-refractivity contribution is 0.0427. The molecular formula is C15H18Br4O2. The van der Waals surface area contributed by atoms with Crippen LogP contribution in [0.3, 0.4) is 0 Å². The Morgan fingerprint density at radius 3 is 2.38 bits per heavy atom. The third kappa shape index (κ3) is 5.63. The highest BCUT2D eigenvalue weighted by molar-refractivity contribution is 9.15. The number of carbonyl (C=O) groups excluding carboxylic acids is 1. The first kappa shape index (κ1) is 19.7. The van der Waals surface area contributed by atoms with E-state index in [9.17, 15) is 4.79 Å². The fourth-order valence-electron chi connectivity index (χ4n) is 1.89. The van der Waals surface area contributed by atoms with Gasteiger partial charge in [0.2, 0.25) is 0 Å². The van der Waals surface area contributed by atoms with Gasteiger partial charge in [-0.05, 0) is 82.1 Å². The maximum Gasteiger partial charge on any atom is 0.339 e. The molecule has 0 aromatic heterocycles. The molecule has 0 saturated carbocycles. The number of benzene rings is 1. The molecule has 21 heavy (non-hydrogen) atoms. The number of halogens is 4. The number of carbonyl (C=O) groups is 1. The Morgan fingerprint density at radius 2 is 1.81 bits per heavy atom. The summed E-state index contributed by atoms with van der Waals surface area (Å²) in [6.07, 6.45) is 4.48. The van der Waals surface area contributed by atoms with E-state index in [0.717, 1.165) is 26.3 Å². The van der Waals surface area contributed by atoms with Crippen molar-refractivity contribution in [2.75, 3.05) is 6.61 Å². The smallest absolute Gasteiger partial charge is 0.339 e. The van der Waals surface area contributed by atoms with Gasteiger partial charge in [-0.1, -0.05) is 33.1 Å². The Morgan fingerprint density at radius 1 is 1.14 bits per heavy atom. The van der Waals surface area contributed by atoms with Gasteiger partial charge in [-0.3, -0.25) is 0 Å². The van der Waals surface area contributed by atoms with Gasteiger partial charge in [0, 0.05) is 17.9 Å². The van der Waals surface area contributed by atoms with Gasteiger partial charge in [-0.15, -0.1) is 0 Å². The molecule has 0 aliphatic heterocycles. The molecule has 0 unspecified atom stereocenters. The maximum atomic E-state index is 12.3. The SMILES string of the molecule is CCCC[C@H](CC)COC(=O)c1cc(Br)c(Br)c(Br)c1Br. The molecule has 0 radical (unpaired) electrons. The fourth-order valence-corrected chi connectivity index (χ4v) is 4.06. The van der Waals surface area contributed by atoms with Gasteiger partial charge in [0.1, 0.15) is 0 Å². The summed E-state index contributed by atoms with van der Waals surface area (Å²) in [5.41, 5.74) is 0.516. The first-order valence-corrected chi connectivity index (χ1v) is 10.1. The van der Waals surface area contributed by atoms with Crippen molar-refractivity contribution in [2.45, 2.75) is 39.5 Å². The molecule has 0 spiro atoms. The molecule has 0 fully saturated rings. The minimum atomic E-state index is -0.300.